The summed E-state index contributed by atoms with van der Waals surface area (Å²) in [6.07, 6.45) is 2.17. The zero-order chi connectivity index (χ0) is 43.9. The first-order valence-electron chi connectivity index (χ1n) is 22.9. The van der Waals surface area contributed by atoms with Gasteiger partial charge in [-0.1, -0.05) is 38.8 Å². The molecule has 2 saturated heterocycles. The number of carbonyl (C=O) groups excluding carboxylic acids is 4. The molecule has 2 aliphatic heterocycles. The van der Waals surface area contributed by atoms with Crippen molar-refractivity contribution in [3.63, 3.8) is 0 Å². The third-order valence-corrected chi connectivity index (χ3v) is 19.4. The van der Waals surface area contributed by atoms with Gasteiger partial charge in [0.1, 0.15) is 24.6 Å². The van der Waals surface area contributed by atoms with E-state index in [-0.39, 0.29) is 37.2 Å². The summed E-state index contributed by atoms with van der Waals surface area (Å²) in [6.45, 7) is 13.3. The number of Topliss-reactive ketones (excluding diaryl/α,β-unsaturated/α-hetero) is 2. The second-order valence-electron chi connectivity index (χ2n) is 22.7. The van der Waals surface area contributed by atoms with Gasteiger partial charge in [-0.3, -0.25) is 19.2 Å². The van der Waals surface area contributed by atoms with Crippen molar-refractivity contribution >= 4 is 23.1 Å². The van der Waals surface area contributed by atoms with Crippen LogP contribution in [-0.2, 0) is 42.9 Å². The van der Waals surface area contributed by atoms with Crippen LogP contribution in [0.1, 0.15) is 132 Å². The van der Waals surface area contributed by atoms with Crippen molar-refractivity contribution in [3.05, 3.63) is 23.3 Å². The molecule has 8 fully saturated rings. The molecule has 0 aromatic carbocycles. The smallest absolute Gasteiger partial charge is 0.193 e. The van der Waals surface area contributed by atoms with Crippen molar-refractivity contribution < 1.29 is 61.9 Å². The summed E-state index contributed by atoms with van der Waals surface area (Å²) in [6, 6.07) is 0. The second kappa shape index (κ2) is 12.8. The van der Waals surface area contributed by atoms with Crippen LogP contribution in [0.3, 0.4) is 0 Å². The molecule has 10 rings (SSSR count). The number of allylic oxidation sites excluding steroid dienone is 2. The van der Waals surface area contributed by atoms with E-state index in [1.807, 2.05) is 27.7 Å². The number of hydrogen-bond acceptors (Lipinski definition) is 11. The highest BCUT2D eigenvalue weighted by Gasteiger charge is 2.82. The molecule has 2 heterocycles. The number of fused-ring (bicyclic) bond motifs is 14. The number of aliphatic hydroxyl groups excluding tert-OH is 2. The summed E-state index contributed by atoms with van der Waals surface area (Å²) in [7, 11) is 0. The monoisotopic (exact) mass is 854 g/mol. The Hall–Kier alpha value is -2.26. The number of ketones is 4. The zero-order valence-corrected chi connectivity index (χ0v) is 37.0. The van der Waals surface area contributed by atoms with Crippen LogP contribution in [0.15, 0.2) is 23.3 Å². The van der Waals surface area contributed by atoms with Crippen LogP contribution in [0.5, 0.6) is 0 Å². The lowest BCUT2D eigenvalue weighted by atomic mass is 9.43. The lowest BCUT2D eigenvalue weighted by Gasteiger charge is -2.63. The molecule has 2 N–H and O–H groups in total. The van der Waals surface area contributed by atoms with E-state index in [0.717, 1.165) is 11.1 Å². The first-order valence-corrected chi connectivity index (χ1v) is 22.9. The molecule has 10 aliphatic rings. The van der Waals surface area contributed by atoms with Crippen LogP contribution in [-0.4, -0.2) is 105 Å². The number of rotatable bonds is 6. The van der Waals surface area contributed by atoms with E-state index in [9.17, 15) is 29.4 Å². The van der Waals surface area contributed by atoms with Gasteiger partial charge in [0.2, 0.25) is 0 Å². The van der Waals surface area contributed by atoms with Crippen LogP contribution in [0.25, 0.3) is 0 Å². The molecule has 13 heteroatoms. The third kappa shape index (κ3) is 4.98. The summed E-state index contributed by atoms with van der Waals surface area (Å²) < 4.78 is 68.5. The number of alkyl halides is 2. The molecule has 0 spiro atoms. The van der Waals surface area contributed by atoms with Gasteiger partial charge in [-0.05, 0) is 116 Å². The van der Waals surface area contributed by atoms with Crippen LogP contribution in [0.4, 0.5) is 8.78 Å². The van der Waals surface area contributed by atoms with E-state index in [0.29, 0.717) is 51.4 Å². The largest absolute Gasteiger partial charge is 0.390 e. The van der Waals surface area contributed by atoms with Crippen molar-refractivity contribution in [2.45, 2.75) is 191 Å². The molecule has 16 atom stereocenters. The van der Waals surface area contributed by atoms with Crippen LogP contribution >= 0.6 is 0 Å². The van der Waals surface area contributed by atoms with Gasteiger partial charge in [-0.2, -0.15) is 0 Å². The molecule has 0 aromatic heterocycles. The van der Waals surface area contributed by atoms with Crippen molar-refractivity contribution in [1.82, 2.24) is 0 Å². The lowest BCUT2D eigenvalue weighted by Crippen LogP contribution is -2.70. The molecule has 336 valence electrons. The van der Waals surface area contributed by atoms with Crippen molar-refractivity contribution in [1.29, 1.82) is 0 Å². The second-order valence-corrected chi connectivity index (χ2v) is 22.7. The zero-order valence-electron chi connectivity index (χ0n) is 37.0. The number of ether oxygens (including phenoxy) is 5. The molecular formula is C48H64F2O11. The molecule has 11 nitrogen and oxygen atoms in total. The molecule has 0 amide bonds. The number of carbonyl (C=O) groups is 4. The molecule has 0 unspecified atom stereocenters. The fraction of sp³-hybridized carbons (Fsp3) is 0.833. The van der Waals surface area contributed by atoms with Crippen molar-refractivity contribution in [3.8, 4) is 0 Å². The molecule has 8 aliphatic carbocycles. The highest BCUT2D eigenvalue weighted by atomic mass is 19.1. The van der Waals surface area contributed by atoms with Gasteiger partial charge in [0.15, 0.2) is 45.9 Å². The Kier molecular flexibility index (Phi) is 8.92. The Morgan fingerprint density at radius 2 is 1.02 bits per heavy atom. The van der Waals surface area contributed by atoms with E-state index in [2.05, 4.69) is 0 Å². The van der Waals surface area contributed by atoms with E-state index in [1.165, 1.54) is 0 Å². The Bertz CT molecular complexity index is 1920. The fourth-order valence-electron chi connectivity index (χ4n) is 16.8. The number of aliphatic hydroxyl groups is 2. The maximum absolute atomic E-state index is 18.0. The number of halogens is 2. The van der Waals surface area contributed by atoms with E-state index in [1.54, 1.807) is 39.8 Å². The SMILES string of the molecule is CC1(C)O[C@@H]2C[C@H]3[C@@H]4CCC5=CC(=O)CC[C@]5(C)[C@@]4(F)[C@@H](O)C[C@]3(C)[C@]2(C(=O)COCC(=O)[C@@]23OC(C)(C)O[C@@H]2C[C@H]2[C@@H]4CCC5=CC(=O)CC[C@]5(C)[C@@]4(F)[C@@H](O)C[C@@]23C)O1. The third-order valence-electron chi connectivity index (χ3n) is 19.4. The lowest BCUT2D eigenvalue weighted by molar-refractivity contribution is -0.253. The normalized spacial score (nSPS) is 53.6. The van der Waals surface area contributed by atoms with Gasteiger partial charge in [0, 0.05) is 46.3 Å². The van der Waals surface area contributed by atoms with Gasteiger partial charge < -0.3 is 33.9 Å². The van der Waals surface area contributed by atoms with Gasteiger partial charge in [-0.25, -0.2) is 8.78 Å². The van der Waals surface area contributed by atoms with Gasteiger partial charge >= 0.3 is 0 Å². The summed E-state index contributed by atoms with van der Waals surface area (Å²) in [4.78, 5) is 54.8. The summed E-state index contributed by atoms with van der Waals surface area (Å²) >= 11 is 0. The standard InChI is InChI=1S/C48H64F2O11/c1-39(2)58-37-19-31-29-11-9-25-17-27(51)13-15-41(25,5)45(29,49)33(53)21-43(31,7)47(37,60-39)35(55)23-57-24-36(56)48-38(59-40(3,4)61-48)20-32-30-12-10-26-18-28(52)14-16-42(26,6)46(30,50)34(54)22-44(32,48)8/h17-18,29-34,37-38,53-54H,9-16,19-24H2,1-8H3/t29-,30-,31-,32-,33-,34-,37+,38+,41-,42-,43-,44-,45-,46-,47+,48+/m0/s1. The Morgan fingerprint density at radius 1 is 0.639 bits per heavy atom. The Morgan fingerprint density at radius 3 is 1.39 bits per heavy atom. The number of hydrogen-bond donors (Lipinski definition) is 2. The maximum Gasteiger partial charge on any atom is 0.193 e. The maximum atomic E-state index is 18.0. The van der Waals surface area contributed by atoms with Crippen LogP contribution < -0.4 is 0 Å². The van der Waals surface area contributed by atoms with Gasteiger partial charge in [-0.15, -0.1) is 0 Å². The van der Waals surface area contributed by atoms with Crippen LogP contribution in [0, 0.1) is 45.3 Å². The summed E-state index contributed by atoms with van der Waals surface area (Å²) in [5.41, 5.74) is -9.95. The van der Waals surface area contributed by atoms with Crippen molar-refractivity contribution in [2.24, 2.45) is 45.3 Å². The molecule has 0 bridgehead atoms. The molecule has 0 aromatic rings. The average Bonchev–Trinajstić information content (AvgIpc) is 3.78. The molecule has 6 saturated carbocycles. The van der Waals surface area contributed by atoms with E-state index >= 15 is 8.78 Å². The summed E-state index contributed by atoms with van der Waals surface area (Å²) in [5, 5.41) is 24.1. The van der Waals surface area contributed by atoms with E-state index in [4.69, 9.17) is 23.7 Å². The highest BCUT2D eigenvalue weighted by molar-refractivity contribution is 5.94. The topological polar surface area (TPSA) is 155 Å². The van der Waals surface area contributed by atoms with Crippen LogP contribution in [0.2, 0.25) is 0 Å². The van der Waals surface area contributed by atoms with Gasteiger partial charge in [0.25, 0.3) is 0 Å². The minimum Gasteiger partial charge on any atom is -0.390 e. The molecular weight excluding hydrogens is 791 g/mol. The minimum atomic E-state index is -2.02. The summed E-state index contributed by atoms with van der Waals surface area (Å²) in [5.74, 6) is -5.35. The minimum absolute atomic E-state index is 0.0216. The first kappa shape index (κ1) is 42.7. The molecule has 0 radical (unpaired) electrons. The molecule has 61 heavy (non-hydrogen) atoms. The van der Waals surface area contributed by atoms with Gasteiger partial charge in [0.05, 0.1) is 24.4 Å². The predicted octanol–water partition coefficient (Wildman–Crippen LogP) is 6.33. The van der Waals surface area contributed by atoms with Crippen molar-refractivity contribution in [2.75, 3.05) is 13.2 Å². The fourth-order valence-corrected chi connectivity index (χ4v) is 16.8. The first-order chi connectivity index (χ1) is 28.3. The quantitative estimate of drug-likeness (QED) is 0.308. The predicted molar refractivity (Wildman–Crippen MR) is 214 cm³/mol. The highest BCUT2D eigenvalue weighted by Crippen LogP contribution is 2.75. The Balaban J connectivity index is 0.925. The van der Waals surface area contributed by atoms with E-state index < -0.39 is 129 Å². The Labute approximate surface area is 357 Å². The average molecular weight is 855 g/mol.